The lowest BCUT2D eigenvalue weighted by molar-refractivity contribution is 0.316. The normalized spacial score (nSPS) is 13.1. The molecule has 0 bridgehead atoms. The first-order valence-corrected chi connectivity index (χ1v) is 9.22. The largest absolute Gasteiger partial charge is 0.0654 e. The van der Waals surface area contributed by atoms with Crippen LogP contribution in [0.2, 0.25) is 0 Å². The third-order valence-electron chi connectivity index (χ3n) is 4.55. The Morgan fingerprint density at radius 3 is 1.42 bits per heavy atom. The Morgan fingerprint density at radius 1 is 0.526 bits per heavy atom. The summed E-state index contributed by atoms with van der Waals surface area (Å²) in [6.45, 7) is 9.43. The molecule has 0 aromatic carbocycles. The minimum atomic E-state index is 0.889. The van der Waals surface area contributed by atoms with Crippen LogP contribution in [0.25, 0.3) is 0 Å². The van der Waals surface area contributed by atoms with Crippen LogP contribution in [0.15, 0.2) is 0 Å². The van der Waals surface area contributed by atoms with Crippen molar-refractivity contribution in [2.45, 2.75) is 111 Å². The number of rotatable bonds is 14. The van der Waals surface area contributed by atoms with Crippen molar-refractivity contribution in [1.82, 2.24) is 0 Å². The van der Waals surface area contributed by atoms with Gasteiger partial charge in [0.05, 0.1) is 0 Å². The highest BCUT2D eigenvalue weighted by molar-refractivity contribution is 4.63. The van der Waals surface area contributed by atoms with Crippen molar-refractivity contribution in [3.05, 3.63) is 0 Å². The molecule has 1 unspecified atom stereocenters. The third-order valence-corrected chi connectivity index (χ3v) is 4.55. The lowest BCUT2D eigenvalue weighted by Crippen LogP contribution is -2.08. The summed E-state index contributed by atoms with van der Waals surface area (Å²) in [7, 11) is 0. The summed E-state index contributed by atoms with van der Waals surface area (Å²) in [5, 5.41) is 0. The molecule has 0 heteroatoms. The number of hydrogen-bond donors (Lipinski definition) is 0. The molecule has 0 nitrogen and oxygen atoms in total. The average molecular weight is 269 g/mol. The first-order valence-electron chi connectivity index (χ1n) is 9.22. The van der Waals surface area contributed by atoms with Gasteiger partial charge in [-0.3, -0.25) is 0 Å². The summed E-state index contributed by atoms with van der Waals surface area (Å²) in [5.41, 5.74) is 0. The Morgan fingerprint density at radius 2 is 0.947 bits per heavy atom. The van der Waals surface area contributed by atoms with Crippen molar-refractivity contribution >= 4 is 0 Å². The Bertz CT molecular complexity index is 159. The second kappa shape index (κ2) is 14.4. The van der Waals surface area contributed by atoms with Gasteiger partial charge in [0.25, 0.3) is 0 Å². The summed E-state index contributed by atoms with van der Waals surface area (Å²) in [6.07, 6.45) is 18.9. The molecule has 0 saturated carbocycles. The van der Waals surface area contributed by atoms with Crippen LogP contribution in [-0.2, 0) is 0 Å². The highest BCUT2D eigenvalue weighted by Crippen LogP contribution is 2.24. The molecule has 0 saturated heterocycles. The van der Waals surface area contributed by atoms with Gasteiger partial charge in [-0.2, -0.15) is 0 Å². The van der Waals surface area contributed by atoms with Gasteiger partial charge in [0.15, 0.2) is 0 Å². The second-order valence-corrected chi connectivity index (χ2v) is 6.76. The van der Waals surface area contributed by atoms with Crippen LogP contribution >= 0.6 is 0 Å². The topological polar surface area (TPSA) is 0 Å². The molecular weight excluding hydrogens is 228 g/mol. The molecule has 0 aromatic rings. The van der Waals surface area contributed by atoms with Crippen LogP contribution in [0.1, 0.15) is 111 Å². The van der Waals surface area contributed by atoms with Crippen molar-refractivity contribution in [2.24, 2.45) is 11.8 Å². The van der Waals surface area contributed by atoms with Gasteiger partial charge >= 0.3 is 0 Å². The molecule has 0 radical (unpaired) electrons. The molecule has 0 amide bonds. The lowest BCUT2D eigenvalue weighted by atomic mass is 9.86. The summed E-state index contributed by atoms with van der Waals surface area (Å²) in [5.74, 6) is 1.88. The summed E-state index contributed by atoms with van der Waals surface area (Å²) in [6, 6.07) is 0. The lowest BCUT2D eigenvalue weighted by Gasteiger charge is -2.20. The highest BCUT2D eigenvalue weighted by Gasteiger charge is 2.11. The SMILES string of the molecule is CCCCCCCCCCCC(CCCC)C(C)C. The summed E-state index contributed by atoms with van der Waals surface area (Å²) in [4.78, 5) is 0. The maximum absolute atomic E-state index is 2.41. The van der Waals surface area contributed by atoms with Crippen LogP contribution in [-0.4, -0.2) is 0 Å². The average Bonchev–Trinajstić information content (AvgIpc) is 2.39. The van der Waals surface area contributed by atoms with Crippen molar-refractivity contribution in [1.29, 1.82) is 0 Å². The van der Waals surface area contributed by atoms with Crippen LogP contribution in [0, 0.1) is 11.8 Å². The molecule has 0 fully saturated rings. The second-order valence-electron chi connectivity index (χ2n) is 6.76. The molecule has 0 aliphatic rings. The molecule has 19 heavy (non-hydrogen) atoms. The molecule has 0 spiro atoms. The van der Waals surface area contributed by atoms with Gasteiger partial charge in [0, 0.05) is 0 Å². The van der Waals surface area contributed by atoms with Crippen molar-refractivity contribution in [3.8, 4) is 0 Å². The Balaban J connectivity index is 3.34. The van der Waals surface area contributed by atoms with E-state index < -0.39 is 0 Å². The fraction of sp³-hybridized carbons (Fsp3) is 1.00. The van der Waals surface area contributed by atoms with Crippen LogP contribution < -0.4 is 0 Å². The van der Waals surface area contributed by atoms with E-state index in [2.05, 4.69) is 27.7 Å². The number of hydrogen-bond acceptors (Lipinski definition) is 0. The van der Waals surface area contributed by atoms with Gasteiger partial charge in [-0.15, -0.1) is 0 Å². The Kier molecular flexibility index (Phi) is 14.4. The highest BCUT2D eigenvalue weighted by atomic mass is 14.2. The minimum Gasteiger partial charge on any atom is -0.0654 e. The fourth-order valence-corrected chi connectivity index (χ4v) is 2.99. The van der Waals surface area contributed by atoms with Crippen LogP contribution in [0.3, 0.4) is 0 Å². The number of unbranched alkanes of at least 4 members (excludes halogenated alkanes) is 9. The first kappa shape index (κ1) is 19.0. The predicted octanol–water partition coefficient (Wildman–Crippen LogP) is 7.37. The molecule has 116 valence electrons. The quantitative estimate of drug-likeness (QED) is 0.288. The maximum atomic E-state index is 2.41. The van der Waals surface area contributed by atoms with Gasteiger partial charge in [0.1, 0.15) is 0 Å². The maximum Gasteiger partial charge on any atom is -0.0391 e. The predicted molar refractivity (Wildman–Crippen MR) is 89.7 cm³/mol. The van der Waals surface area contributed by atoms with E-state index in [9.17, 15) is 0 Å². The first-order chi connectivity index (χ1) is 9.22. The van der Waals surface area contributed by atoms with E-state index in [1.165, 1.54) is 83.5 Å². The minimum absolute atomic E-state index is 0.889. The van der Waals surface area contributed by atoms with Gasteiger partial charge < -0.3 is 0 Å². The van der Waals surface area contributed by atoms with Gasteiger partial charge in [0.2, 0.25) is 0 Å². The van der Waals surface area contributed by atoms with E-state index in [4.69, 9.17) is 0 Å². The molecule has 0 aromatic heterocycles. The summed E-state index contributed by atoms with van der Waals surface area (Å²) < 4.78 is 0. The van der Waals surface area contributed by atoms with E-state index in [0.717, 1.165) is 11.8 Å². The van der Waals surface area contributed by atoms with Crippen LogP contribution in [0.5, 0.6) is 0 Å². The molecular formula is C19H40. The van der Waals surface area contributed by atoms with Crippen molar-refractivity contribution < 1.29 is 0 Å². The monoisotopic (exact) mass is 268 g/mol. The van der Waals surface area contributed by atoms with Gasteiger partial charge in [-0.1, -0.05) is 111 Å². The van der Waals surface area contributed by atoms with Crippen molar-refractivity contribution in [3.63, 3.8) is 0 Å². The van der Waals surface area contributed by atoms with Gasteiger partial charge in [-0.25, -0.2) is 0 Å². The van der Waals surface area contributed by atoms with Crippen molar-refractivity contribution in [2.75, 3.05) is 0 Å². The van der Waals surface area contributed by atoms with Gasteiger partial charge in [-0.05, 0) is 11.8 Å². The Hall–Kier alpha value is 0. The fourth-order valence-electron chi connectivity index (χ4n) is 2.99. The van der Waals surface area contributed by atoms with E-state index in [1.807, 2.05) is 0 Å². The zero-order valence-corrected chi connectivity index (χ0v) is 14.3. The zero-order chi connectivity index (χ0) is 14.3. The molecule has 0 heterocycles. The standard InChI is InChI=1S/C19H40/c1-5-7-9-10-11-12-13-14-15-17-19(18(3)4)16-8-6-2/h18-19H,5-17H2,1-4H3. The van der Waals surface area contributed by atoms with E-state index in [0.29, 0.717) is 0 Å². The van der Waals surface area contributed by atoms with Crippen LogP contribution in [0.4, 0.5) is 0 Å². The third kappa shape index (κ3) is 12.8. The van der Waals surface area contributed by atoms with E-state index >= 15 is 0 Å². The smallest absolute Gasteiger partial charge is 0.0391 e. The molecule has 0 aliphatic carbocycles. The molecule has 0 aliphatic heterocycles. The van der Waals surface area contributed by atoms with E-state index in [1.54, 1.807) is 0 Å². The molecule has 0 rings (SSSR count). The zero-order valence-electron chi connectivity index (χ0n) is 14.3. The molecule has 0 N–H and O–H groups in total. The van der Waals surface area contributed by atoms with E-state index in [-0.39, 0.29) is 0 Å². The molecule has 1 atom stereocenters. The Labute approximate surface area is 123 Å². The summed E-state index contributed by atoms with van der Waals surface area (Å²) >= 11 is 0.